The number of nitrogens with zero attached hydrogens (tertiary/aromatic N) is 2. The molecule has 1 aliphatic rings. The highest BCUT2D eigenvalue weighted by Gasteiger charge is 2.36. The highest BCUT2D eigenvalue weighted by Crippen LogP contribution is 2.45. The van der Waals surface area contributed by atoms with Crippen LogP contribution >= 0.6 is 0 Å². The van der Waals surface area contributed by atoms with Crippen LogP contribution in [0.2, 0.25) is 0 Å². The number of hydrogen-bond acceptors (Lipinski definition) is 10. The number of esters is 2. The van der Waals surface area contributed by atoms with Gasteiger partial charge in [0.25, 0.3) is 0 Å². The zero-order valence-corrected chi connectivity index (χ0v) is 35.9. The van der Waals surface area contributed by atoms with Crippen LogP contribution in [0.25, 0.3) is 0 Å². The maximum absolute atomic E-state index is 13.1. The molecule has 0 radical (unpaired) electrons. The Morgan fingerprint density at radius 2 is 1.40 bits per heavy atom. The molecule has 3 aromatic rings. The predicted octanol–water partition coefficient (Wildman–Crippen LogP) is 11.3. The Hall–Kier alpha value is -4.47. The Bertz CT molecular complexity index is 1760. The van der Waals surface area contributed by atoms with Crippen LogP contribution in [0.4, 0.5) is 4.79 Å². The van der Waals surface area contributed by atoms with E-state index in [9.17, 15) is 14.4 Å². The molecule has 0 N–H and O–H groups in total. The lowest BCUT2D eigenvalue weighted by molar-refractivity contribution is -0.0574. The summed E-state index contributed by atoms with van der Waals surface area (Å²) in [7, 11) is 0. The minimum Gasteiger partial charge on any atom is -0.487 e. The number of pyridine rings is 2. The number of fused-ring (bicyclic) bond motifs is 1. The van der Waals surface area contributed by atoms with Crippen molar-refractivity contribution in [3.05, 3.63) is 82.4 Å². The molecular weight excluding hydrogens is 721 g/mol. The van der Waals surface area contributed by atoms with E-state index in [4.69, 9.17) is 23.7 Å². The van der Waals surface area contributed by atoms with Gasteiger partial charge in [-0.15, -0.1) is 0 Å². The smallest absolute Gasteiger partial charge is 0.487 e. The first-order valence-corrected chi connectivity index (χ1v) is 21.0. The molecule has 0 fully saturated rings. The van der Waals surface area contributed by atoms with Gasteiger partial charge in [0, 0.05) is 36.8 Å². The van der Waals surface area contributed by atoms with Crippen molar-refractivity contribution in [2.45, 2.75) is 151 Å². The molecule has 57 heavy (non-hydrogen) atoms. The molecule has 0 aliphatic carbocycles. The predicted molar refractivity (Wildman–Crippen MR) is 222 cm³/mol. The highest BCUT2D eigenvalue weighted by molar-refractivity contribution is 5.90. The fourth-order valence-corrected chi connectivity index (χ4v) is 7.58. The average molecular weight is 787 g/mol. The lowest BCUT2D eigenvalue weighted by Crippen LogP contribution is -2.39. The Labute approximate surface area is 340 Å². The molecule has 4 unspecified atom stereocenters. The van der Waals surface area contributed by atoms with E-state index in [0.29, 0.717) is 11.7 Å². The third-order valence-electron chi connectivity index (χ3n) is 11.5. The van der Waals surface area contributed by atoms with Crippen LogP contribution in [-0.2, 0) is 20.6 Å². The summed E-state index contributed by atoms with van der Waals surface area (Å²) in [6, 6.07) is 6.39. The fraction of sp³-hybridized carbons (Fsp3) is 0.596. The molecule has 0 spiro atoms. The summed E-state index contributed by atoms with van der Waals surface area (Å²) in [5.41, 5.74) is 2.57. The SMILES string of the molecule is Cc1c(C)c2c(c(C)c1OC(=O)OCCC(C)(COC(=O)c1cccnc1)OC(=O)c1cccnc1)CCC(C)(CCCC(C)CCCC(C)CCCC(C)C)O2. The minimum absolute atomic E-state index is 0.0264. The van der Waals surface area contributed by atoms with E-state index in [1.54, 1.807) is 43.6 Å². The van der Waals surface area contributed by atoms with Crippen molar-refractivity contribution in [2.24, 2.45) is 17.8 Å². The van der Waals surface area contributed by atoms with Crippen LogP contribution in [0.15, 0.2) is 49.1 Å². The maximum Gasteiger partial charge on any atom is 0.513 e. The van der Waals surface area contributed by atoms with Gasteiger partial charge in [-0.2, -0.15) is 0 Å². The first kappa shape index (κ1) is 45.2. The summed E-state index contributed by atoms with van der Waals surface area (Å²) >= 11 is 0. The van der Waals surface area contributed by atoms with Gasteiger partial charge in [0.05, 0.1) is 17.7 Å². The molecule has 4 atom stereocenters. The summed E-state index contributed by atoms with van der Waals surface area (Å²) in [4.78, 5) is 46.7. The number of carbonyl (C=O) groups excluding carboxylic acids is 3. The summed E-state index contributed by atoms with van der Waals surface area (Å²) < 4.78 is 29.5. The molecule has 2 aromatic heterocycles. The van der Waals surface area contributed by atoms with Crippen molar-refractivity contribution in [1.82, 2.24) is 9.97 Å². The number of ether oxygens (including phenoxy) is 5. The standard InChI is InChI=1S/C47H66N2O8/c1-32(2)15-10-16-33(3)17-11-18-34(4)19-12-23-46(8)24-22-40-37(7)41(35(5)36(6)42(40)56-46)55-45(52)53-28-25-47(9,57-44(51)39-21-14-27-49-30-39)31-54-43(50)38-20-13-26-48-29-38/h13-14,20-21,26-27,29-30,32-34H,10-12,15-19,22-25,28,31H2,1-9H3. The van der Waals surface area contributed by atoms with Crippen LogP contribution in [-0.4, -0.2) is 52.5 Å². The van der Waals surface area contributed by atoms with E-state index < -0.39 is 23.7 Å². The summed E-state index contributed by atoms with van der Waals surface area (Å²) in [6.45, 7) is 18.7. The summed E-state index contributed by atoms with van der Waals surface area (Å²) in [5.74, 6) is 2.40. The molecule has 0 saturated heterocycles. The first-order valence-electron chi connectivity index (χ1n) is 21.0. The van der Waals surface area contributed by atoms with Crippen molar-refractivity contribution in [3.63, 3.8) is 0 Å². The summed E-state index contributed by atoms with van der Waals surface area (Å²) in [6.07, 6.45) is 18.0. The van der Waals surface area contributed by atoms with E-state index in [2.05, 4.69) is 44.6 Å². The van der Waals surface area contributed by atoms with Gasteiger partial charge in [-0.3, -0.25) is 9.97 Å². The molecule has 0 saturated carbocycles. The summed E-state index contributed by atoms with van der Waals surface area (Å²) in [5, 5.41) is 0. The van der Waals surface area contributed by atoms with E-state index >= 15 is 0 Å². The van der Waals surface area contributed by atoms with E-state index in [-0.39, 0.29) is 36.4 Å². The molecule has 1 aliphatic heterocycles. The second kappa shape index (κ2) is 21.3. The third-order valence-corrected chi connectivity index (χ3v) is 11.5. The van der Waals surface area contributed by atoms with E-state index in [1.807, 2.05) is 20.8 Å². The first-order chi connectivity index (χ1) is 27.1. The molecule has 10 nitrogen and oxygen atoms in total. The van der Waals surface area contributed by atoms with Crippen molar-refractivity contribution >= 4 is 18.1 Å². The zero-order chi connectivity index (χ0) is 41.6. The number of rotatable bonds is 21. The van der Waals surface area contributed by atoms with Gasteiger partial charge in [0.1, 0.15) is 29.3 Å². The van der Waals surface area contributed by atoms with Crippen LogP contribution < -0.4 is 9.47 Å². The third kappa shape index (κ3) is 13.9. The van der Waals surface area contributed by atoms with E-state index in [0.717, 1.165) is 65.5 Å². The Balaban J connectivity index is 1.30. The number of benzene rings is 1. The molecule has 10 heteroatoms. The van der Waals surface area contributed by atoms with Gasteiger partial charge >= 0.3 is 18.1 Å². The van der Waals surface area contributed by atoms with Crippen LogP contribution in [0.3, 0.4) is 0 Å². The van der Waals surface area contributed by atoms with E-state index in [1.165, 1.54) is 57.3 Å². The quantitative estimate of drug-likeness (QED) is 0.0585. The fourth-order valence-electron chi connectivity index (χ4n) is 7.58. The monoisotopic (exact) mass is 786 g/mol. The molecule has 3 heterocycles. The van der Waals surface area contributed by atoms with Gasteiger partial charge < -0.3 is 23.7 Å². The molecular formula is C47H66N2O8. The second-order valence-corrected chi connectivity index (χ2v) is 17.3. The number of carbonyl (C=O) groups is 3. The van der Waals surface area contributed by atoms with Gasteiger partial charge in [-0.05, 0) is 119 Å². The Kier molecular flexibility index (Phi) is 16.9. The molecule has 1 aromatic carbocycles. The number of hydrogen-bond donors (Lipinski definition) is 0. The normalized spacial score (nSPS) is 17.1. The van der Waals surface area contributed by atoms with Crippen molar-refractivity contribution < 1.29 is 38.1 Å². The molecule has 312 valence electrons. The van der Waals surface area contributed by atoms with Crippen molar-refractivity contribution in [2.75, 3.05) is 13.2 Å². The average Bonchev–Trinajstić information content (AvgIpc) is 3.18. The lowest BCUT2D eigenvalue weighted by Gasteiger charge is -2.38. The maximum atomic E-state index is 13.1. The van der Waals surface area contributed by atoms with Gasteiger partial charge in [0.2, 0.25) is 0 Å². The van der Waals surface area contributed by atoms with Gasteiger partial charge in [-0.25, -0.2) is 14.4 Å². The van der Waals surface area contributed by atoms with Crippen LogP contribution in [0.1, 0.15) is 155 Å². The lowest BCUT2D eigenvalue weighted by atomic mass is 9.83. The number of aromatic nitrogens is 2. The molecule has 0 amide bonds. The molecule has 0 bridgehead atoms. The van der Waals surface area contributed by atoms with Gasteiger partial charge in [-0.1, -0.05) is 72.6 Å². The van der Waals surface area contributed by atoms with Crippen molar-refractivity contribution in [3.8, 4) is 11.5 Å². The minimum atomic E-state index is -1.34. The topological polar surface area (TPSA) is 123 Å². The highest BCUT2D eigenvalue weighted by atomic mass is 16.7. The largest absolute Gasteiger partial charge is 0.513 e. The Morgan fingerprint density at radius 3 is 2.00 bits per heavy atom. The zero-order valence-electron chi connectivity index (χ0n) is 35.9. The second-order valence-electron chi connectivity index (χ2n) is 17.3. The van der Waals surface area contributed by atoms with Crippen LogP contribution in [0.5, 0.6) is 11.5 Å². The van der Waals surface area contributed by atoms with Crippen LogP contribution in [0, 0.1) is 38.5 Å². The Morgan fingerprint density at radius 1 is 0.807 bits per heavy atom. The van der Waals surface area contributed by atoms with Gasteiger partial charge in [0.15, 0.2) is 0 Å². The van der Waals surface area contributed by atoms with Crippen molar-refractivity contribution in [1.29, 1.82) is 0 Å². The molecule has 4 rings (SSSR count).